The van der Waals surface area contributed by atoms with Crippen LogP contribution in [0.25, 0.3) is 4.83 Å². The Balaban J connectivity index is 2.49. The van der Waals surface area contributed by atoms with Crippen LogP contribution in [0, 0.1) is 0 Å². The van der Waals surface area contributed by atoms with Gasteiger partial charge in [0.05, 0.1) is 0 Å². The number of aromatic nitrogens is 2. The summed E-state index contributed by atoms with van der Waals surface area (Å²) >= 11 is -0.721. The molecule has 0 saturated carbocycles. The van der Waals surface area contributed by atoms with Crippen LogP contribution in [-0.2, 0) is 0 Å². The number of thiazole rings is 1. The SMILES string of the molecule is CCC[CH2][Sn]([CH2]CCC)([CH2]CCC)[c]1csc2c(C(C)=O)ncn12. The molecule has 0 bridgehead atoms. The van der Waals surface area contributed by atoms with Gasteiger partial charge in [-0.3, -0.25) is 0 Å². The zero-order valence-corrected chi connectivity index (χ0v) is 19.4. The van der Waals surface area contributed by atoms with E-state index >= 15 is 0 Å². The van der Waals surface area contributed by atoms with Crippen molar-refractivity contribution < 1.29 is 4.79 Å². The molecule has 0 aliphatic rings. The summed E-state index contributed by atoms with van der Waals surface area (Å²) in [5.41, 5.74) is 0.660. The van der Waals surface area contributed by atoms with Gasteiger partial charge in [-0.25, -0.2) is 0 Å². The van der Waals surface area contributed by atoms with Crippen LogP contribution in [0.5, 0.6) is 0 Å². The summed E-state index contributed by atoms with van der Waals surface area (Å²) in [5, 5.41) is 2.39. The summed E-state index contributed by atoms with van der Waals surface area (Å²) in [5.74, 6) is 0.0855. The molecule has 3 nitrogen and oxygen atoms in total. The molecule has 24 heavy (non-hydrogen) atoms. The molecule has 2 aromatic rings. The van der Waals surface area contributed by atoms with Crippen LogP contribution < -0.4 is 3.71 Å². The zero-order chi connectivity index (χ0) is 17.6. The van der Waals surface area contributed by atoms with Crippen LogP contribution in [0.3, 0.4) is 0 Å². The predicted octanol–water partition coefficient (Wildman–Crippen LogP) is 5.65. The van der Waals surface area contributed by atoms with Crippen molar-refractivity contribution in [2.75, 3.05) is 0 Å². The Morgan fingerprint density at radius 2 is 1.62 bits per heavy atom. The van der Waals surface area contributed by atoms with Gasteiger partial charge >= 0.3 is 155 Å². The van der Waals surface area contributed by atoms with Crippen LogP contribution in [0.2, 0.25) is 13.3 Å². The minimum absolute atomic E-state index is 0.0855. The Kier molecular flexibility index (Phi) is 7.79. The van der Waals surface area contributed by atoms with Crippen molar-refractivity contribution >= 4 is 44.0 Å². The molecule has 0 amide bonds. The fourth-order valence-corrected chi connectivity index (χ4v) is 22.8. The van der Waals surface area contributed by atoms with Gasteiger partial charge in [-0.15, -0.1) is 0 Å². The molecule has 5 heteroatoms. The van der Waals surface area contributed by atoms with E-state index in [1.807, 2.05) is 6.33 Å². The van der Waals surface area contributed by atoms with Crippen molar-refractivity contribution in [3.8, 4) is 0 Å². The Morgan fingerprint density at radius 3 is 2.08 bits per heavy atom. The number of carbonyl (C=O) groups excluding carboxylic acids is 1. The quantitative estimate of drug-likeness (QED) is 0.324. The van der Waals surface area contributed by atoms with E-state index in [4.69, 9.17) is 0 Å². The number of imidazole rings is 1. The molecular weight excluding hydrogens is 423 g/mol. The van der Waals surface area contributed by atoms with E-state index in [0.717, 1.165) is 4.83 Å². The molecule has 0 aliphatic heterocycles. The average molecular weight is 455 g/mol. The molecular formula is C19H32N2OSSn. The maximum atomic E-state index is 11.8. The van der Waals surface area contributed by atoms with Gasteiger partial charge in [-0.2, -0.15) is 0 Å². The van der Waals surface area contributed by atoms with Crippen LogP contribution in [-0.4, -0.2) is 33.5 Å². The van der Waals surface area contributed by atoms with E-state index < -0.39 is 18.4 Å². The number of nitrogens with zero attached hydrogens (tertiary/aromatic N) is 2. The molecule has 0 unspecified atom stereocenters. The Bertz CT molecular complexity index is 640. The molecule has 0 spiro atoms. The molecule has 0 aliphatic carbocycles. The normalized spacial score (nSPS) is 12.2. The van der Waals surface area contributed by atoms with Crippen molar-refractivity contribution in [3.63, 3.8) is 0 Å². The Labute approximate surface area is 154 Å². The summed E-state index contributed by atoms with van der Waals surface area (Å²) in [6.07, 6.45) is 9.85. The van der Waals surface area contributed by atoms with Gasteiger partial charge in [0.2, 0.25) is 0 Å². The average Bonchev–Trinajstić information content (AvgIpc) is 3.16. The first-order chi connectivity index (χ1) is 11.6. The first kappa shape index (κ1) is 20.0. The second kappa shape index (κ2) is 9.37. The van der Waals surface area contributed by atoms with Gasteiger partial charge in [0.15, 0.2) is 0 Å². The van der Waals surface area contributed by atoms with Crippen molar-refractivity contribution in [2.45, 2.75) is 79.5 Å². The fraction of sp³-hybridized carbons (Fsp3) is 0.684. The Morgan fingerprint density at radius 1 is 1.08 bits per heavy atom. The van der Waals surface area contributed by atoms with Gasteiger partial charge in [0.25, 0.3) is 0 Å². The summed E-state index contributed by atoms with van der Waals surface area (Å²) < 4.78 is 8.25. The first-order valence-corrected chi connectivity index (χ1v) is 17.9. The second-order valence-corrected chi connectivity index (χ2v) is 20.9. The monoisotopic (exact) mass is 456 g/mol. The summed E-state index contributed by atoms with van der Waals surface area (Å²) in [7, 11) is 0. The molecule has 0 saturated heterocycles. The van der Waals surface area contributed by atoms with Crippen molar-refractivity contribution in [1.29, 1.82) is 0 Å². The van der Waals surface area contributed by atoms with Gasteiger partial charge in [-0.05, 0) is 0 Å². The zero-order valence-electron chi connectivity index (χ0n) is 15.7. The number of unbranched alkanes of at least 4 members (excludes halogenated alkanes) is 3. The van der Waals surface area contributed by atoms with Crippen LogP contribution >= 0.6 is 11.3 Å². The third-order valence-electron chi connectivity index (χ3n) is 5.17. The number of hydrogen-bond acceptors (Lipinski definition) is 3. The van der Waals surface area contributed by atoms with E-state index in [1.54, 1.807) is 22.0 Å². The number of ketones is 1. The van der Waals surface area contributed by atoms with E-state index in [9.17, 15) is 4.79 Å². The van der Waals surface area contributed by atoms with Crippen LogP contribution in [0.15, 0.2) is 11.7 Å². The topological polar surface area (TPSA) is 34.4 Å². The van der Waals surface area contributed by atoms with E-state index in [2.05, 4.69) is 35.5 Å². The first-order valence-electron chi connectivity index (χ1n) is 9.55. The van der Waals surface area contributed by atoms with E-state index in [0.29, 0.717) is 5.69 Å². The summed E-state index contributed by atoms with van der Waals surface area (Å²) in [6, 6.07) is 0. The molecule has 2 rings (SSSR count). The predicted molar refractivity (Wildman–Crippen MR) is 108 cm³/mol. The summed E-state index contributed by atoms with van der Waals surface area (Å²) in [4.78, 5) is 17.3. The van der Waals surface area contributed by atoms with E-state index in [1.165, 1.54) is 51.8 Å². The van der Waals surface area contributed by atoms with Crippen LogP contribution in [0.4, 0.5) is 0 Å². The molecule has 0 N–H and O–H groups in total. The standard InChI is InChI=1S/C7H5N2OS.3C4H9.Sn/c1-5(10)6-7-9(4-8-6)2-3-11-7;3*1-3-4-2;/h3-4H,1H3;3*1,3-4H2,2H3;. The van der Waals surface area contributed by atoms with Crippen molar-refractivity contribution in [3.05, 3.63) is 17.4 Å². The molecule has 0 radical (unpaired) electrons. The third-order valence-corrected chi connectivity index (χ3v) is 22.1. The van der Waals surface area contributed by atoms with Crippen LogP contribution in [0.1, 0.15) is 76.7 Å². The number of Topliss-reactive ketones (excluding diaryl/α,β-unsaturated/α-hetero) is 1. The number of hydrogen-bond donors (Lipinski definition) is 0. The minimum atomic E-state index is -2.46. The van der Waals surface area contributed by atoms with Gasteiger partial charge in [-0.1, -0.05) is 0 Å². The number of carbonyl (C=O) groups is 1. The van der Waals surface area contributed by atoms with Gasteiger partial charge in [0.1, 0.15) is 0 Å². The Hall–Kier alpha value is -0.361. The van der Waals surface area contributed by atoms with E-state index in [-0.39, 0.29) is 5.78 Å². The maximum absolute atomic E-state index is 11.8. The van der Waals surface area contributed by atoms with Gasteiger partial charge in [0, 0.05) is 0 Å². The van der Waals surface area contributed by atoms with Crippen molar-refractivity contribution in [2.24, 2.45) is 0 Å². The molecule has 0 atom stereocenters. The molecule has 2 aromatic heterocycles. The van der Waals surface area contributed by atoms with Gasteiger partial charge < -0.3 is 0 Å². The number of fused-ring (bicyclic) bond motifs is 1. The second-order valence-electron chi connectivity index (χ2n) is 7.04. The molecule has 0 aromatic carbocycles. The number of rotatable bonds is 11. The van der Waals surface area contributed by atoms with Crippen molar-refractivity contribution in [1.82, 2.24) is 9.38 Å². The fourth-order valence-electron chi connectivity index (χ4n) is 3.72. The summed E-state index contributed by atoms with van der Waals surface area (Å²) in [6.45, 7) is 8.56. The molecule has 2 heterocycles. The molecule has 134 valence electrons. The third kappa shape index (κ3) is 4.24. The molecule has 0 fully saturated rings.